The lowest BCUT2D eigenvalue weighted by Crippen LogP contribution is -2.33. The molecule has 0 saturated carbocycles. The van der Waals surface area contributed by atoms with Gasteiger partial charge in [0, 0.05) is 8.95 Å². The van der Waals surface area contributed by atoms with Crippen molar-refractivity contribution in [3.05, 3.63) is 63.0 Å². The van der Waals surface area contributed by atoms with Gasteiger partial charge in [0.05, 0.1) is 6.21 Å². The van der Waals surface area contributed by atoms with Gasteiger partial charge < -0.3 is 4.74 Å². The number of carbonyl (C=O) groups excluding carboxylic acids is 1. The number of rotatable bonds is 5. The lowest BCUT2D eigenvalue weighted by molar-refractivity contribution is -0.127. The van der Waals surface area contributed by atoms with Crippen molar-refractivity contribution in [2.24, 2.45) is 5.10 Å². The maximum Gasteiger partial charge on any atom is 0.280 e. The molecule has 2 aromatic carbocycles. The van der Waals surface area contributed by atoms with Crippen molar-refractivity contribution in [3.8, 4) is 5.75 Å². The summed E-state index contributed by atoms with van der Waals surface area (Å²) in [5.41, 5.74) is 3.35. The molecule has 2 rings (SSSR count). The molecule has 0 unspecified atom stereocenters. The van der Waals surface area contributed by atoms with Crippen LogP contribution in [0.3, 0.4) is 0 Å². The molecule has 2 aromatic rings. The number of ether oxygens (including phenoxy) is 1. The molecule has 1 atom stereocenters. The van der Waals surface area contributed by atoms with Crippen LogP contribution >= 0.6 is 31.9 Å². The van der Waals surface area contributed by atoms with E-state index in [4.69, 9.17) is 4.74 Å². The van der Waals surface area contributed by atoms with Crippen LogP contribution < -0.4 is 10.2 Å². The second kappa shape index (κ2) is 8.10. The molecule has 0 saturated heterocycles. The Bertz CT molecular complexity index is 672. The van der Waals surface area contributed by atoms with E-state index in [1.54, 1.807) is 25.3 Å². The van der Waals surface area contributed by atoms with Crippen molar-refractivity contribution in [1.82, 2.24) is 5.43 Å². The van der Waals surface area contributed by atoms with Gasteiger partial charge in [-0.1, -0.05) is 44.0 Å². The molecule has 0 aliphatic heterocycles. The number of nitrogens with zero attached hydrogens (tertiary/aromatic N) is 1. The van der Waals surface area contributed by atoms with Gasteiger partial charge in [0.25, 0.3) is 5.91 Å². The Hall–Kier alpha value is -1.66. The van der Waals surface area contributed by atoms with Crippen LogP contribution in [0, 0.1) is 0 Å². The van der Waals surface area contributed by atoms with Gasteiger partial charge in [-0.25, -0.2) is 5.43 Å². The molecule has 0 heterocycles. The fourth-order valence-electron chi connectivity index (χ4n) is 1.62. The number of hydrogen-bond acceptors (Lipinski definition) is 3. The number of benzene rings is 2. The van der Waals surface area contributed by atoms with E-state index in [0.717, 1.165) is 14.5 Å². The first-order valence-corrected chi connectivity index (χ1v) is 8.14. The third kappa shape index (κ3) is 5.27. The van der Waals surface area contributed by atoms with Crippen LogP contribution in [-0.4, -0.2) is 18.2 Å². The molecule has 0 aromatic heterocycles. The van der Waals surface area contributed by atoms with Crippen LogP contribution in [0.2, 0.25) is 0 Å². The Labute approximate surface area is 145 Å². The molecule has 0 aliphatic rings. The zero-order valence-electron chi connectivity index (χ0n) is 11.8. The van der Waals surface area contributed by atoms with E-state index in [0.29, 0.717) is 5.75 Å². The van der Waals surface area contributed by atoms with E-state index < -0.39 is 6.10 Å². The first kappa shape index (κ1) is 16.7. The largest absolute Gasteiger partial charge is 0.481 e. The van der Waals surface area contributed by atoms with E-state index >= 15 is 0 Å². The molecular weight excluding hydrogens is 412 g/mol. The topological polar surface area (TPSA) is 50.7 Å². The summed E-state index contributed by atoms with van der Waals surface area (Å²) in [6, 6.07) is 14.9. The number of carbonyl (C=O) groups is 1. The fraction of sp³-hybridized carbons (Fsp3) is 0.125. The van der Waals surface area contributed by atoms with Crippen LogP contribution in [-0.2, 0) is 4.79 Å². The van der Waals surface area contributed by atoms with E-state index in [-0.39, 0.29) is 5.91 Å². The van der Waals surface area contributed by atoms with Gasteiger partial charge in [0.15, 0.2) is 6.10 Å². The standard InChI is InChI=1S/C16H14Br2N2O2/c1-11(22-15-7-5-13(17)6-8-15)16(21)20-19-10-12-3-2-4-14(18)9-12/h2-11H,1H3,(H,20,21)/b19-10-/t11-/m1/s1. The summed E-state index contributed by atoms with van der Waals surface area (Å²) in [7, 11) is 0. The van der Waals surface area contributed by atoms with Crippen molar-refractivity contribution in [2.75, 3.05) is 0 Å². The average molecular weight is 426 g/mol. The number of halogens is 2. The second-order valence-electron chi connectivity index (χ2n) is 4.50. The van der Waals surface area contributed by atoms with Crippen LogP contribution in [0.4, 0.5) is 0 Å². The summed E-state index contributed by atoms with van der Waals surface area (Å²) in [6.07, 6.45) is 0.940. The molecule has 0 spiro atoms. The number of hydrazone groups is 1. The van der Waals surface area contributed by atoms with E-state index in [2.05, 4.69) is 42.4 Å². The fourth-order valence-corrected chi connectivity index (χ4v) is 2.30. The smallest absolute Gasteiger partial charge is 0.280 e. The van der Waals surface area contributed by atoms with Crippen LogP contribution in [0.25, 0.3) is 0 Å². The summed E-state index contributed by atoms with van der Waals surface area (Å²) in [6.45, 7) is 1.67. The minimum atomic E-state index is -0.638. The number of amides is 1. The molecule has 22 heavy (non-hydrogen) atoms. The zero-order valence-corrected chi connectivity index (χ0v) is 15.0. The van der Waals surface area contributed by atoms with E-state index in [1.165, 1.54) is 0 Å². The molecule has 6 heteroatoms. The summed E-state index contributed by atoms with van der Waals surface area (Å²) >= 11 is 6.72. The second-order valence-corrected chi connectivity index (χ2v) is 6.33. The van der Waals surface area contributed by atoms with Crippen molar-refractivity contribution in [3.63, 3.8) is 0 Å². The van der Waals surface area contributed by atoms with Crippen molar-refractivity contribution < 1.29 is 9.53 Å². The Balaban J connectivity index is 1.87. The minimum absolute atomic E-state index is 0.311. The molecule has 4 nitrogen and oxygen atoms in total. The van der Waals surface area contributed by atoms with Crippen molar-refractivity contribution >= 4 is 44.0 Å². The molecule has 1 N–H and O–H groups in total. The highest BCUT2D eigenvalue weighted by molar-refractivity contribution is 9.10. The SMILES string of the molecule is C[C@@H](Oc1ccc(Br)cc1)C(=O)N/N=C\c1cccc(Br)c1. The molecule has 0 fully saturated rings. The monoisotopic (exact) mass is 424 g/mol. The maximum absolute atomic E-state index is 11.9. The highest BCUT2D eigenvalue weighted by atomic mass is 79.9. The first-order valence-electron chi connectivity index (χ1n) is 6.55. The molecule has 0 bridgehead atoms. The third-order valence-corrected chi connectivity index (χ3v) is 3.75. The zero-order chi connectivity index (χ0) is 15.9. The van der Waals surface area contributed by atoms with E-state index in [9.17, 15) is 4.79 Å². The van der Waals surface area contributed by atoms with Gasteiger partial charge in [-0.05, 0) is 48.9 Å². The summed E-state index contributed by atoms with van der Waals surface area (Å²) in [4.78, 5) is 11.9. The van der Waals surface area contributed by atoms with Crippen LogP contribution in [0.5, 0.6) is 5.75 Å². The van der Waals surface area contributed by atoms with Crippen molar-refractivity contribution in [2.45, 2.75) is 13.0 Å². The molecule has 0 aliphatic carbocycles. The number of nitrogens with one attached hydrogen (secondary N) is 1. The van der Waals surface area contributed by atoms with Crippen LogP contribution in [0.1, 0.15) is 12.5 Å². The highest BCUT2D eigenvalue weighted by Crippen LogP contribution is 2.17. The lowest BCUT2D eigenvalue weighted by Gasteiger charge is -2.12. The average Bonchev–Trinajstić information content (AvgIpc) is 2.49. The highest BCUT2D eigenvalue weighted by Gasteiger charge is 2.13. The minimum Gasteiger partial charge on any atom is -0.481 e. The quantitative estimate of drug-likeness (QED) is 0.578. The Morgan fingerprint density at radius 2 is 1.91 bits per heavy atom. The van der Waals surface area contributed by atoms with Gasteiger partial charge in [-0.15, -0.1) is 0 Å². The first-order chi connectivity index (χ1) is 10.5. The van der Waals surface area contributed by atoms with Crippen molar-refractivity contribution in [1.29, 1.82) is 0 Å². The Morgan fingerprint density at radius 1 is 1.18 bits per heavy atom. The van der Waals surface area contributed by atoms with Crippen LogP contribution in [0.15, 0.2) is 62.6 Å². The number of hydrogen-bond donors (Lipinski definition) is 1. The summed E-state index contributed by atoms with van der Waals surface area (Å²) < 4.78 is 7.45. The molecule has 114 valence electrons. The predicted molar refractivity (Wildman–Crippen MR) is 94.1 cm³/mol. The molecule has 1 amide bonds. The lowest BCUT2D eigenvalue weighted by atomic mass is 10.2. The predicted octanol–water partition coefficient (Wildman–Crippen LogP) is 4.13. The van der Waals surface area contributed by atoms with Gasteiger partial charge >= 0.3 is 0 Å². The van der Waals surface area contributed by atoms with Gasteiger partial charge in [0.2, 0.25) is 0 Å². The molecular formula is C16H14Br2N2O2. The summed E-state index contributed by atoms with van der Waals surface area (Å²) in [5, 5.41) is 3.93. The van der Waals surface area contributed by atoms with Gasteiger partial charge in [-0.3, -0.25) is 4.79 Å². The van der Waals surface area contributed by atoms with Gasteiger partial charge in [-0.2, -0.15) is 5.10 Å². The maximum atomic E-state index is 11.9. The van der Waals surface area contributed by atoms with Gasteiger partial charge in [0.1, 0.15) is 5.75 Å². The Morgan fingerprint density at radius 3 is 2.59 bits per heavy atom. The summed E-state index contributed by atoms with van der Waals surface area (Å²) in [5.74, 6) is 0.316. The normalized spacial score (nSPS) is 12.1. The molecule has 0 radical (unpaired) electrons. The van der Waals surface area contributed by atoms with E-state index in [1.807, 2.05) is 36.4 Å². The Kier molecular flexibility index (Phi) is 6.15. The third-order valence-electron chi connectivity index (χ3n) is 2.73.